The normalized spacial score (nSPS) is 10.8. The monoisotopic (exact) mass is 296 g/mol. The van der Waals surface area contributed by atoms with Gasteiger partial charge in [-0.3, -0.25) is 4.79 Å². The molecule has 0 spiro atoms. The van der Waals surface area contributed by atoms with Crippen LogP contribution in [-0.4, -0.2) is 50.2 Å². The molecule has 120 valence electrons. The van der Waals surface area contributed by atoms with Gasteiger partial charge in [0.05, 0.1) is 25.0 Å². The molecule has 0 saturated heterocycles. The molecule has 0 fully saturated rings. The van der Waals surface area contributed by atoms with Crippen LogP contribution in [0.2, 0.25) is 0 Å². The van der Waals surface area contributed by atoms with E-state index in [1.165, 1.54) is 23.9 Å². The lowest BCUT2D eigenvalue weighted by atomic mass is 10.2. The highest BCUT2D eigenvalue weighted by Crippen LogP contribution is 2.05. The van der Waals surface area contributed by atoms with Crippen LogP contribution in [0.1, 0.15) is 26.2 Å². The third-order valence-corrected chi connectivity index (χ3v) is 3.38. The van der Waals surface area contributed by atoms with Crippen molar-refractivity contribution in [2.75, 3.05) is 45.3 Å². The topological polar surface area (TPSA) is 59.4 Å². The Bertz CT molecular complexity index is 448. The van der Waals surface area contributed by atoms with Crippen LogP contribution in [0.5, 0.6) is 0 Å². The molecule has 1 rings (SSSR count). The number of methoxy groups -OCH3 is 1. The molecule has 6 heteroatoms. The fourth-order valence-corrected chi connectivity index (χ4v) is 1.97. The quantitative estimate of drug-likeness (QED) is 0.620. The molecular weight excluding hydrogens is 268 g/mol. The van der Waals surface area contributed by atoms with Crippen molar-refractivity contribution in [2.45, 2.75) is 32.7 Å². The molecule has 0 aliphatic heterocycles. The van der Waals surface area contributed by atoms with Crippen LogP contribution in [0.4, 0.5) is 5.69 Å². The molecule has 21 heavy (non-hydrogen) atoms. The molecule has 1 N–H and O–H groups in total. The summed E-state index contributed by atoms with van der Waals surface area (Å²) < 4.78 is 6.53. The standard InChI is InChI=1S/C15H28N4O2/c1-4-5-6-7-16-8-9-19-15(20)12-14(13-17-19)18(2)10-11-21-3/h12-13,16H,4-11H2,1-3H3. The molecule has 1 aromatic heterocycles. The number of rotatable bonds is 11. The van der Waals surface area contributed by atoms with Gasteiger partial charge in [-0.1, -0.05) is 19.8 Å². The van der Waals surface area contributed by atoms with Crippen LogP contribution in [0.3, 0.4) is 0 Å². The minimum atomic E-state index is -0.0628. The molecule has 1 aromatic rings. The first-order chi connectivity index (χ1) is 10.2. The van der Waals surface area contributed by atoms with Gasteiger partial charge in [-0.2, -0.15) is 5.10 Å². The van der Waals surface area contributed by atoms with Crippen molar-refractivity contribution in [1.82, 2.24) is 15.1 Å². The van der Waals surface area contributed by atoms with Crippen LogP contribution in [0, 0.1) is 0 Å². The van der Waals surface area contributed by atoms with Gasteiger partial charge in [0.25, 0.3) is 5.56 Å². The second kappa shape index (κ2) is 10.3. The Labute approximate surface area is 127 Å². The lowest BCUT2D eigenvalue weighted by Gasteiger charge is -2.18. The van der Waals surface area contributed by atoms with E-state index in [0.717, 1.165) is 25.3 Å². The van der Waals surface area contributed by atoms with Gasteiger partial charge < -0.3 is 15.0 Å². The molecule has 0 unspecified atom stereocenters. The Hall–Kier alpha value is -1.40. The Morgan fingerprint density at radius 2 is 2.19 bits per heavy atom. The van der Waals surface area contributed by atoms with Crippen molar-refractivity contribution in [2.24, 2.45) is 0 Å². The summed E-state index contributed by atoms with van der Waals surface area (Å²) in [5.41, 5.74) is 0.760. The van der Waals surface area contributed by atoms with Crippen LogP contribution in [-0.2, 0) is 11.3 Å². The molecule has 6 nitrogen and oxygen atoms in total. The minimum Gasteiger partial charge on any atom is -0.383 e. The molecule has 1 heterocycles. The first-order valence-electron chi connectivity index (χ1n) is 7.67. The Balaban J connectivity index is 2.41. The summed E-state index contributed by atoms with van der Waals surface area (Å²) in [4.78, 5) is 14.0. The van der Waals surface area contributed by atoms with Crippen molar-refractivity contribution in [1.29, 1.82) is 0 Å². The number of ether oxygens (including phenoxy) is 1. The summed E-state index contributed by atoms with van der Waals surface area (Å²) >= 11 is 0. The number of nitrogens with zero attached hydrogens (tertiary/aromatic N) is 3. The average molecular weight is 296 g/mol. The van der Waals surface area contributed by atoms with Crippen molar-refractivity contribution in [3.05, 3.63) is 22.6 Å². The van der Waals surface area contributed by atoms with E-state index in [-0.39, 0.29) is 5.56 Å². The number of likely N-dealkylation sites (N-methyl/N-ethyl adjacent to an activating group) is 1. The minimum absolute atomic E-state index is 0.0628. The number of aromatic nitrogens is 2. The molecule has 0 bridgehead atoms. The molecule has 0 aromatic carbocycles. The van der Waals surface area contributed by atoms with Gasteiger partial charge in [0, 0.05) is 33.3 Å². The average Bonchev–Trinajstić information content (AvgIpc) is 2.49. The van der Waals surface area contributed by atoms with E-state index in [4.69, 9.17) is 4.74 Å². The predicted octanol–water partition coefficient (Wildman–Crippen LogP) is 1.11. The van der Waals surface area contributed by atoms with Crippen LogP contribution in [0.15, 0.2) is 17.1 Å². The maximum Gasteiger partial charge on any atom is 0.268 e. The molecule has 0 atom stereocenters. The molecule has 0 aliphatic rings. The molecule has 0 radical (unpaired) electrons. The fraction of sp³-hybridized carbons (Fsp3) is 0.733. The maximum atomic E-state index is 12.0. The summed E-state index contributed by atoms with van der Waals surface area (Å²) in [5, 5.41) is 7.56. The van der Waals surface area contributed by atoms with Crippen LogP contribution < -0.4 is 15.8 Å². The number of hydrogen-bond acceptors (Lipinski definition) is 5. The third-order valence-electron chi connectivity index (χ3n) is 3.38. The second-order valence-corrected chi connectivity index (χ2v) is 5.15. The molecule has 0 amide bonds. The summed E-state index contributed by atoms with van der Waals surface area (Å²) in [6.45, 7) is 5.93. The first-order valence-corrected chi connectivity index (χ1v) is 7.67. The third kappa shape index (κ3) is 6.73. The summed E-state index contributed by atoms with van der Waals surface area (Å²) in [5.74, 6) is 0. The molecule has 0 saturated carbocycles. The van der Waals surface area contributed by atoms with Crippen LogP contribution in [0.25, 0.3) is 0 Å². The first kappa shape index (κ1) is 17.7. The Morgan fingerprint density at radius 1 is 1.38 bits per heavy atom. The smallest absolute Gasteiger partial charge is 0.268 e. The molecule has 0 aliphatic carbocycles. The van der Waals surface area contributed by atoms with Crippen molar-refractivity contribution < 1.29 is 4.74 Å². The van der Waals surface area contributed by atoms with Gasteiger partial charge in [0.1, 0.15) is 0 Å². The lowest BCUT2D eigenvalue weighted by molar-refractivity contribution is 0.206. The van der Waals surface area contributed by atoms with Gasteiger partial charge in [-0.05, 0) is 13.0 Å². The van der Waals surface area contributed by atoms with Gasteiger partial charge in [0.2, 0.25) is 0 Å². The highest BCUT2D eigenvalue weighted by atomic mass is 16.5. The zero-order chi connectivity index (χ0) is 15.5. The van der Waals surface area contributed by atoms with E-state index < -0.39 is 0 Å². The van der Waals surface area contributed by atoms with E-state index in [2.05, 4.69) is 17.3 Å². The summed E-state index contributed by atoms with van der Waals surface area (Å²) in [6, 6.07) is 1.62. The Kier molecular flexibility index (Phi) is 8.69. The predicted molar refractivity (Wildman–Crippen MR) is 86.0 cm³/mol. The lowest BCUT2D eigenvalue weighted by Crippen LogP contribution is -2.30. The van der Waals surface area contributed by atoms with E-state index in [0.29, 0.717) is 13.2 Å². The van der Waals surface area contributed by atoms with Gasteiger partial charge in [-0.25, -0.2) is 4.68 Å². The van der Waals surface area contributed by atoms with Crippen molar-refractivity contribution >= 4 is 5.69 Å². The van der Waals surface area contributed by atoms with Gasteiger partial charge >= 0.3 is 0 Å². The zero-order valence-corrected chi connectivity index (χ0v) is 13.5. The second-order valence-electron chi connectivity index (χ2n) is 5.15. The number of anilines is 1. The largest absolute Gasteiger partial charge is 0.383 e. The van der Waals surface area contributed by atoms with Gasteiger partial charge in [0.15, 0.2) is 0 Å². The van der Waals surface area contributed by atoms with Crippen molar-refractivity contribution in [3.63, 3.8) is 0 Å². The highest BCUT2D eigenvalue weighted by molar-refractivity contribution is 5.41. The number of unbranched alkanes of at least 4 members (excludes halogenated alkanes) is 2. The van der Waals surface area contributed by atoms with E-state index in [1.54, 1.807) is 19.4 Å². The van der Waals surface area contributed by atoms with E-state index in [1.807, 2.05) is 11.9 Å². The highest BCUT2D eigenvalue weighted by Gasteiger charge is 2.04. The summed E-state index contributed by atoms with van der Waals surface area (Å²) in [7, 11) is 3.59. The Morgan fingerprint density at radius 3 is 2.86 bits per heavy atom. The van der Waals surface area contributed by atoms with Gasteiger partial charge in [-0.15, -0.1) is 0 Å². The number of nitrogens with one attached hydrogen (secondary N) is 1. The van der Waals surface area contributed by atoms with Crippen LogP contribution >= 0.6 is 0 Å². The molecular formula is C15H28N4O2. The van der Waals surface area contributed by atoms with E-state index >= 15 is 0 Å². The zero-order valence-electron chi connectivity index (χ0n) is 13.5. The number of hydrogen-bond donors (Lipinski definition) is 1. The summed E-state index contributed by atoms with van der Waals surface area (Å²) in [6.07, 6.45) is 5.38. The fourth-order valence-electron chi connectivity index (χ4n) is 1.97. The van der Waals surface area contributed by atoms with E-state index in [9.17, 15) is 4.79 Å². The van der Waals surface area contributed by atoms with Crippen molar-refractivity contribution in [3.8, 4) is 0 Å². The SMILES string of the molecule is CCCCCNCCn1ncc(N(C)CCOC)cc1=O. The maximum absolute atomic E-state index is 12.0.